The maximum Gasteiger partial charge on any atom is 0.326 e. The minimum absolute atomic E-state index is 0.00176. The van der Waals surface area contributed by atoms with E-state index in [0.717, 1.165) is 4.90 Å². The van der Waals surface area contributed by atoms with Crippen molar-refractivity contribution in [1.82, 2.24) is 36.8 Å². The molecule has 1 saturated heterocycles. The van der Waals surface area contributed by atoms with Crippen molar-refractivity contribution in [2.75, 3.05) is 26.3 Å². The topological polar surface area (TPSA) is 399 Å². The van der Waals surface area contributed by atoms with E-state index in [2.05, 4.69) is 31.9 Å². The number of phenols is 1. The molecule has 24 nitrogen and oxygen atoms in total. The molecule has 8 amide bonds. The van der Waals surface area contributed by atoms with E-state index in [1.165, 1.54) is 24.3 Å². The first-order valence-corrected chi connectivity index (χ1v) is 19.4. The van der Waals surface area contributed by atoms with Crippen LogP contribution in [0.2, 0.25) is 0 Å². The van der Waals surface area contributed by atoms with Crippen LogP contribution in [0.4, 0.5) is 0 Å². The van der Waals surface area contributed by atoms with Crippen molar-refractivity contribution >= 4 is 59.2 Å². The van der Waals surface area contributed by atoms with Crippen LogP contribution in [0.3, 0.4) is 0 Å². The Bertz CT molecular complexity index is 1990. The standard InChI is InChI=1S/C39H51N9O15/c40-23(15-30(41)52)33(56)47-28(19-50)37(60)44-24(14-21-8-10-22(51)11-9-21)34(57)42-17-31(53)43-27(18-49)36(59)45-25(13-20-5-2-1-3-6-20)35(58)46-26(16-32(54)55)38(61)48-12-4-7-29(48)39(62)63/h1-3,5-6,8-11,23-29,49-51H,4,7,12-19,40H2,(H2,41,52)(H,42,57)(H,43,53)(H,44,60)(H,45,59)(H,46,58)(H,47,56)(H,54,55)(H,62,63)/t23-,24-,25-,26-,27-,28-,29-/m0/s1. The van der Waals surface area contributed by atoms with Gasteiger partial charge in [-0.3, -0.25) is 43.2 Å². The molecule has 7 atom stereocenters. The number of nitrogens with zero attached hydrogens (tertiary/aromatic N) is 1. The number of carbonyl (C=O) groups excluding carboxylic acids is 8. The fourth-order valence-electron chi connectivity index (χ4n) is 6.33. The summed E-state index contributed by atoms with van der Waals surface area (Å²) in [5, 5.41) is 62.3. The number of benzene rings is 2. The van der Waals surface area contributed by atoms with Crippen LogP contribution < -0.4 is 43.4 Å². The van der Waals surface area contributed by atoms with Gasteiger partial charge in [0.05, 0.1) is 38.6 Å². The molecule has 0 bridgehead atoms. The molecule has 24 heteroatoms. The van der Waals surface area contributed by atoms with E-state index in [9.17, 15) is 73.5 Å². The van der Waals surface area contributed by atoms with E-state index >= 15 is 0 Å². The number of aliphatic carboxylic acids is 2. The number of hydrogen-bond acceptors (Lipinski definition) is 14. The number of primary amides is 1. The summed E-state index contributed by atoms with van der Waals surface area (Å²) >= 11 is 0. The minimum Gasteiger partial charge on any atom is -0.508 e. The second kappa shape index (κ2) is 24.3. The number of carboxylic acid groups (broad SMARTS) is 2. The van der Waals surface area contributed by atoms with E-state index < -0.39 is 134 Å². The third-order valence-corrected chi connectivity index (χ3v) is 9.57. The fraction of sp³-hybridized carbons (Fsp3) is 0.436. The molecule has 3 rings (SSSR count). The number of aliphatic hydroxyl groups excluding tert-OH is 2. The van der Waals surface area contributed by atoms with Gasteiger partial charge < -0.3 is 73.8 Å². The van der Waals surface area contributed by atoms with Crippen LogP contribution >= 0.6 is 0 Å². The number of likely N-dealkylation sites (tertiary alicyclic amines) is 1. The molecule has 1 aliphatic rings. The average Bonchev–Trinajstić information content (AvgIpc) is 3.74. The number of aliphatic hydroxyl groups is 2. The monoisotopic (exact) mass is 885 g/mol. The number of nitrogens with two attached hydrogens (primary N) is 2. The second-order valence-electron chi connectivity index (χ2n) is 14.4. The number of amides is 8. The normalized spacial score (nSPS) is 16.1. The number of phenolic OH excluding ortho intramolecular Hbond substituents is 1. The molecular weight excluding hydrogens is 834 g/mol. The Morgan fingerprint density at radius 2 is 1.16 bits per heavy atom. The lowest BCUT2D eigenvalue weighted by Gasteiger charge is -2.28. The Balaban J connectivity index is 1.73. The van der Waals surface area contributed by atoms with E-state index in [1.54, 1.807) is 30.3 Å². The summed E-state index contributed by atoms with van der Waals surface area (Å²) < 4.78 is 0. The molecule has 0 saturated carbocycles. The Hall–Kier alpha value is -7.18. The van der Waals surface area contributed by atoms with Crippen molar-refractivity contribution < 1.29 is 73.5 Å². The van der Waals surface area contributed by atoms with Crippen LogP contribution in [0.1, 0.15) is 36.8 Å². The van der Waals surface area contributed by atoms with Crippen molar-refractivity contribution in [3.05, 3.63) is 65.7 Å². The zero-order valence-corrected chi connectivity index (χ0v) is 33.7. The quantitative estimate of drug-likeness (QED) is 0.0468. The zero-order valence-electron chi connectivity index (χ0n) is 33.7. The van der Waals surface area contributed by atoms with Gasteiger partial charge in [0.1, 0.15) is 42.0 Å². The van der Waals surface area contributed by atoms with E-state index in [-0.39, 0.29) is 31.6 Å². The van der Waals surface area contributed by atoms with Crippen molar-refractivity contribution in [3.8, 4) is 5.75 Å². The molecule has 15 N–H and O–H groups in total. The third kappa shape index (κ3) is 16.0. The van der Waals surface area contributed by atoms with Gasteiger partial charge >= 0.3 is 11.9 Å². The van der Waals surface area contributed by atoms with Crippen LogP contribution in [-0.4, -0.2) is 158 Å². The van der Waals surface area contributed by atoms with Crippen molar-refractivity contribution in [2.24, 2.45) is 11.5 Å². The summed E-state index contributed by atoms with van der Waals surface area (Å²) in [6, 6.07) is 2.67. The van der Waals surface area contributed by atoms with Crippen molar-refractivity contribution in [2.45, 2.75) is 80.8 Å². The van der Waals surface area contributed by atoms with Crippen LogP contribution in [-0.2, 0) is 60.8 Å². The zero-order chi connectivity index (χ0) is 46.8. The minimum atomic E-state index is -1.75. The number of carbonyl (C=O) groups is 10. The summed E-state index contributed by atoms with van der Waals surface area (Å²) in [7, 11) is 0. The number of aromatic hydroxyl groups is 1. The maximum atomic E-state index is 13.7. The molecule has 2 aromatic rings. The molecule has 63 heavy (non-hydrogen) atoms. The Labute approximate surface area is 359 Å². The molecule has 1 fully saturated rings. The Kier molecular flexibility index (Phi) is 19.4. The van der Waals surface area contributed by atoms with Crippen LogP contribution in [0.5, 0.6) is 5.75 Å². The van der Waals surface area contributed by atoms with Gasteiger partial charge in [-0.1, -0.05) is 42.5 Å². The van der Waals surface area contributed by atoms with Crippen LogP contribution in [0.15, 0.2) is 54.6 Å². The highest BCUT2D eigenvalue weighted by Crippen LogP contribution is 2.20. The number of hydrogen-bond donors (Lipinski definition) is 13. The molecule has 0 spiro atoms. The van der Waals surface area contributed by atoms with Crippen LogP contribution in [0, 0.1) is 0 Å². The van der Waals surface area contributed by atoms with Gasteiger partial charge in [0.2, 0.25) is 47.3 Å². The van der Waals surface area contributed by atoms with Gasteiger partial charge in [-0.2, -0.15) is 0 Å². The van der Waals surface area contributed by atoms with Gasteiger partial charge in [-0.15, -0.1) is 0 Å². The summed E-state index contributed by atoms with van der Waals surface area (Å²) in [4.78, 5) is 128. The molecule has 342 valence electrons. The van der Waals surface area contributed by atoms with Gasteiger partial charge in [-0.25, -0.2) is 4.79 Å². The van der Waals surface area contributed by atoms with Gasteiger partial charge in [0, 0.05) is 19.4 Å². The second-order valence-corrected chi connectivity index (χ2v) is 14.4. The first-order chi connectivity index (χ1) is 29.8. The van der Waals surface area contributed by atoms with E-state index in [0.29, 0.717) is 17.5 Å². The predicted octanol–water partition coefficient (Wildman–Crippen LogP) is -5.54. The van der Waals surface area contributed by atoms with Crippen molar-refractivity contribution in [3.63, 3.8) is 0 Å². The first-order valence-electron chi connectivity index (χ1n) is 19.4. The highest BCUT2D eigenvalue weighted by Gasteiger charge is 2.39. The number of rotatable bonds is 24. The fourth-order valence-corrected chi connectivity index (χ4v) is 6.33. The van der Waals surface area contributed by atoms with E-state index in [4.69, 9.17) is 11.5 Å². The number of carboxylic acids is 2. The average molecular weight is 886 g/mol. The largest absolute Gasteiger partial charge is 0.508 e. The summed E-state index contributed by atoms with van der Waals surface area (Å²) in [5.74, 6) is -11.1. The Morgan fingerprint density at radius 1 is 0.651 bits per heavy atom. The lowest BCUT2D eigenvalue weighted by molar-refractivity contribution is -0.150. The number of nitrogens with one attached hydrogen (secondary N) is 6. The maximum absolute atomic E-state index is 13.7. The Morgan fingerprint density at radius 3 is 1.70 bits per heavy atom. The van der Waals surface area contributed by atoms with Crippen LogP contribution in [0.25, 0.3) is 0 Å². The molecule has 0 aliphatic carbocycles. The van der Waals surface area contributed by atoms with E-state index in [1.807, 2.05) is 0 Å². The highest BCUT2D eigenvalue weighted by atomic mass is 16.4. The van der Waals surface area contributed by atoms with Gasteiger partial charge in [-0.05, 0) is 36.1 Å². The smallest absolute Gasteiger partial charge is 0.326 e. The first kappa shape index (κ1) is 50.2. The highest BCUT2D eigenvalue weighted by molar-refractivity contribution is 5.98. The summed E-state index contributed by atoms with van der Waals surface area (Å²) in [5.41, 5.74) is 11.5. The predicted molar refractivity (Wildman–Crippen MR) is 215 cm³/mol. The lowest BCUT2D eigenvalue weighted by Crippen LogP contribution is -2.60. The molecular formula is C39H51N9O15. The SMILES string of the molecule is NC(=O)C[C@H](N)C(=O)N[C@@H](CO)C(=O)N[C@@H](Cc1ccc(O)cc1)C(=O)NCC(=O)N[C@@H](CO)C(=O)N[C@@H](Cc1ccccc1)C(=O)N[C@@H](CC(=O)O)C(=O)N1CCC[C@H]1C(=O)O. The molecule has 0 radical (unpaired) electrons. The summed E-state index contributed by atoms with van der Waals surface area (Å²) in [6.45, 7) is -2.86. The molecule has 0 aromatic heterocycles. The molecule has 2 aromatic carbocycles. The molecule has 1 heterocycles. The van der Waals surface area contributed by atoms with Gasteiger partial charge in [0.15, 0.2) is 0 Å². The van der Waals surface area contributed by atoms with Crippen molar-refractivity contribution in [1.29, 1.82) is 0 Å². The van der Waals surface area contributed by atoms with Gasteiger partial charge in [0.25, 0.3) is 0 Å². The molecule has 1 aliphatic heterocycles. The summed E-state index contributed by atoms with van der Waals surface area (Å²) in [6.07, 6.45) is -1.55. The lowest BCUT2D eigenvalue weighted by atomic mass is 10.0. The molecule has 0 unspecified atom stereocenters. The third-order valence-electron chi connectivity index (χ3n) is 9.57.